The van der Waals surface area contributed by atoms with Gasteiger partial charge in [0.1, 0.15) is 24.2 Å². The van der Waals surface area contributed by atoms with Crippen LogP contribution < -0.4 is 32.3 Å². The van der Waals surface area contributed by atoms with E-state index in [1.54, 1.807) is 68.4 Å². The van der Waals surface area contributed by atoms with Crippen molar-refractivity contribution in [1.29, 1.82) is 0 Å². The van der Waals surface area contributed by atoms with Crippen LogP contribution >= 0.6 is 0 Å². The number of benzene rings is 2. The third kappa shape index (κ3) is 15.2. The molecule has 270 valence electrons. The normalized spacial score (nSPS) is 14.6. The highest BCUT2D eigenvalue weighted by Gasteiger charge is 2.33. The summed E-state index contributed by atoms with van der Waals surface area (Å²) in [5, 5.41) is 13.1. The molecule has 0 unspecified atom stereocenters. The molecule has 0 radical (unpaired) electrons. The molecule has 0 saturated carbocycles. The minimum atomic E-state index is -4.30. The van der Waals surface area contributed by atoms with E-state index >= 15 is 0 Å². The predicted octanol–water partition coefficient (Wildman–Crippen LogP) is 0.464. The summed E-state index contributed by atoms with van der Waals surface area (Å²) in [7, 11) is -4.30. The van der Waals surface area contributed by atoms with Crippen LogP contribution in [0.3, 0.4) is 0 Å². The molecule has 2 aromatic rings. The number of nitrogens with one attached hydrogen (secondary N) is 5. The Morgan fingerprint density at radius 1 is 0.673 bits per heavy atom. The molecular formula is C34H50N6O8S. The Kier molecular flexibility index (Phi) is 16.3. The summed E-state index contributed by atoms with van der Waals surface area (Å²) >= 11 is 0. The third-order valence-electron chi connectivity index (χ3n) is 7.55. The molecule has 5 atom stereocenters. The number of amides is 5. The van der Waals surface area contributed by atoms with Crippen LogP contribution in [0.4, 0.5) is 0 Å². The number of hydrogen-bond acceptors (Lipinski definition) is 8. The number of carbonyl (C=O) groups excluding carboxylic acids is 5. The van der Waals surface area contributed by atoms with Crippen molar-refractivity contribution >= 4 is 39.7 Å². The van der Waals surface area contributed by atoms with Crippen molar-refractivity contribution < 1.29 is 36.9 Å². The Morgan fingerprint density at radius 3 is 1.59 bits per heavy atom. The first-order valence-electron chi connectivity index (χ1n) is 16.2. The molecule has 0 aliphatic carbocycles. The maximum atomic E-state index is 13.9. The fourth-order valence-corrected chi connectivity index (χ4v) is 5.26. The van der Waals surface area contributed by atoms with E-state index < -0.39 is 75.6 Å². The van der Waals surface area contributed by atoms with Gasteiger partial charge in [-0.05, 0) is 36.3 Å². The topological polar surface area (TPSA) is 226 Å². The number of nitrogens with two attached hydrogens (primary N) is 1. The van der Waals surface area contributed by atoms with Crippen molar-refractivity contribution in [3.63, 3.8) is 0 Å². The average molecular weight is 703 g/mol. The SMILES string of the molecule is CC(C)C[C@@H](N)C(=O)N[C@@H](C(=O)N[C@H](Cc1ccccc1)C(=O)N[C@H](Cc1ccccc1)C(=O)N[C@H](C)C(=O)NCCS(=O)(=O)O)C(C)C. The van der Waals surface area contributed by atoms with Gasteiger partial charge >= 0.3 is 0 Å². The molecule has 2 aromatic carbocycles. The summed E-state index contributed by atoms with van der Waals surface area (Å²) in [6.45, 7) is 8.39. The van der Waals surface area contributed by atoms with Gasteiger partial charge in [-0.15, -0.1) is 0 Å². The summed E-state index contributed by atoms with van der Waals surface area (Å²) in [6.07, 6.45) is 0.531. The monoisotopic (exact) mass is 702 g/mol. The van der Waals surface area contributed by atoms with E-state index in [0.29, 0.717) is 12.0 Å². The molecule has 0 aromatic heterocycles. The van der Waals surface area contributed by atoms with Crippen molar-refractivity contribution in [1.82, 2.24) is 26.6 Å². The van der Waals surface area contributed by atoms with Gasteiger partial charge in [0.15, 0.2) is 0 Å². The second-order valence-corrected chi connectivity index (χ2v) is 14.3. The Hall–Kier alpha value is -4.34. The zero-order valence-electron chi connectivity index (χ0n) is 28.6. The molecule has 49 heavy (non-hydrogen) atoms. The van der Waals surface area contributed by atoms with Crippen LogP contribution in [0.2, 0.25) is 0 Å². The third-order valence-corrected chi connectivity index (χ3v) is 8.27. The highest BCUT2D eigenvalue weighted by Crippen LogP contribution is 2.10. The summed E-state index contributed by atoms with van der Waals surface area (Å²) in [5.74, 6) is -4.06. The summed E-state index contributed by atoms with van der Waals surface area (Å²) in [4.78, 5) is 66.4. The lowest BCUT2D eigenvalue weighted by Crippen LogP contribution is -2.60. The molecule has 0 saturated heterocycles. The Bertz CT molecular complexity index is 1510. The molecule has 0 bridgehead atoms. The minimum Gasteiger partial charge on any atom is -0.353 e. The molecule has 15 heteroatoms. The lowest BCUT2D eigenvalue weighted by atomic mass is 9.99. The lowest BCUT2D eigenvalue weighted by molar-refractivity contribution is -0.135. The van der Waals surface area contributed by atoms with Crippen molar-refractivity contribution in [2.75, 3.05) is 12.3 Å². The molecule has 2 rings (SSSR count). The van der Waals surface area contributed by atoms with Gasteiger partial charge in [0, 0.05) is 19.4 Å². The average Bonchev–Trinajstić information content (AvgIpc) is 3.02. The minimum absolute atomic E-state index is 0.0416. The highest BCUT2D eigenvalue weighted by molar-refractivity contribution is 7.85. The number of rotatable bonds is 19. The van der Waals surface area contributed by atoms with Crippen LogP contribution in [0.15, 0.2) is 60.7 Å². The summed E-state index contributed by atoms with van der Waals surface area (Å²) in [6, 6.07) is 12.5. The van der Waals surface area contributed by atoms with Gasteiger partial charge in [-0.1, -0.05) is 88.4 Å². The van der Waals surface area contributed by atoms with Crippen LogP contribution in [0.5, 0.6) is 0 Å². The largest absolute Gasteiger partial charge is 0.353 e. The molecule has 0 spiro atoms. The lowest BCUT2D eigenvalue weighted by Gasteiger charge is -2.28. The van der Waals surface area contributed by atoms with Crippen LogP contribution in [-0.4, -0.2) is 85.0 Å². The van der Waals surface area contributed by atoms with Gasteiger partial charge < -0.3 is 32.3 Å². The van der Waals surface area contributed by atoms with E-state index in [4.69, 9.17) is 10.3 Å². The van der Waals surface area contributed by atoms with Gasteiger partial charge in [0.05, 0.1) is 11.8 Å². The van der Waals surface area contributed by atoms with Crippen molar-refractivity contribution in [2.45, 2.75) is 84.1 Å². The van der Waals surface area contributed by atoms with E-state index in [2.05, 4.69) is 26.6 Å². The van der Waals surface area contributed by atoms with Gasteiger partial charge in [0.2, 0.25) is 29.5 Å². The highest BCUT2D eigenvalue weighted by atomic mass is 32.2. The number of hydrogen-bond donors (Lipinski definition) is 7. The Balaban J connectivity index is 2.30. The van der Waals surface area contributed by atoms with Crippen LogP contribution in [-0.2, 0) is 46.9 Å². The second kappa shape index (κ2) is 19.6. The standard InChI is InChI=1S/C34H50N6O8S/c1-21(2)18-26(35)31(42)40-29(22(3)4)34(45)39-28(20-25-14-10-7-11-15-25)33(44)38-27(19-24-12-8-6-9-13-24)32(43)37-23(5)30(41)36-16-17-49(46,47)48/h6-15,21-23,26-29H,16-20,35H2,1-5H3,(H,36,41)(H,37,43)(H,38,44)(H,39,45)(H,40,42)(H,46,47,48)/t23-,26-,27-,28-,29-/m1/s1. The van der Waals surface area contributed by atoms with Gasteiger partial charge in [-0.25, -0.2) is 0 Å². The molecule has 5 amide bonds. The van der Waals surface area contributed by atoms with Crippen molar-refractivity contribution in [3.8, 4) is 0 Å². The second-order valence-electron chi connectivity index (χ2n) is 12.8. The van der Waals surface area contributed by atoms with Gasteiger partial charge in [0.25, 0.3) is 10.1 Å². The molecule has 8 N–H and O–H groups in total. The molecule has 0 aliphatic rings. The zero-order valence-corrected chi connectivity index (χ0v) is 29.5. The van der Waals surface area contributed by atoms with E-state index in [-0.39, 0.29) is 31.2 Å². The first-order valence-corrected chi connectivity index (χ1v) is 17.9. The Labute approximate surface area is 288 Å². The van der Waals surface area contributed by atoms with Crippen LogP contribution in [0, 0.1) is 11.8 Å². The van der Waals surface area contributed by atoms with E-state index in [1.165, 1.54) is 6.92 Å². The first-order chi connectivity index (χ1) is 23.0. The molecule has 0 heterocycles. The summed E-state index contributed by atoms with van der Waals surface area (Å²) in [5.41, 5.74) is 7.49. The van der Waals surface area contributed by atoms with Crippen LogP contribution in [0.25, 0.3) is 0 Å². The predicted molar refractivity (Wildman–Crippen MR) is 185 cm³/mol. The van der Waals surface area contributed by atoms with Crippen molar-refractivity contribution in [2.24, 2.45) is 17.6 Å². The van der Waals surface area contributed by atoms with E-state index in [9.17, 15) is 32.4 Å². The smallest absolute Gasteiger partial charge is 0.266 e. The van der Waals surface area contributed by atoms with E-state index in [1.807, 2.05) is 19.9 Å². The quantitative estimate of drug-likeness (QED) is 0.101. The Morgan fingerprint density at radius 2 is 1.14 bits per heavy atom. The summed E-state index contributed by atoms with van der Waals surface area (Å²) < 4.78 is 30.9. The van der Waals surface area contributed by atoms with Crippen LogP contribution in [0.1, 0.15) is 52.2 Å². The fourth-order valence-electron chi connectivity index (χ4n) is 4.90. The fraction of sp³-hybridized carbons (Fsp3) is 0.500. The van der Waals surface area contributed by atoms with Gasteiger partial charge in [-0.3, -0.25) is 28.5 Å². The molecule has 0 aliphatic heterocycles. The zero-order chi connectivity index (χ0) is 36.7. The molecule has 14 nitrogen and oxygen atoms in total. The van der Waals surface area contributed by atoms with Gasteiger partial charge in [-0.2, -0.15) is 8.42 Å². The van der Waals surface area contributed by atoms with Crippen molar-refractivity contribution in [3.05, 3.63) is 71.8 Å². The maximum Gasteiger partial charge on any atom is 0.266 e. The van der Waals surface area contributed by atoms with E-state index in [0.717, 1.165) is 5.56 Å². The maximum absolute atomic E-state index is 13.9. The number of carbonyl (C=O) groups is 5. The molecular weight excluding hydrogens is 652 g/mol. The first kappa shape index (κ1) is 40.8. The molecule has 0 fully saturated rings.